The summed E-state index contributed by atoms with van der Waals surface area (Å²) in [6.45, 7) is 10.2. The van der Waals surface area contributed by atoms with Gasteiger partial charge in [0.15, 0.2) is 0 Å². The van der Waals surface area contributed by atoms with Crippen molar-refractivity contribution in [3.8, 4) is 22.6 Å². The first-order valence-corrected chi connectivity index (χ1v) is 11.5. The number of ether oxygens (including phenoxy) is 2. The molecule has 0 fully saturated rings. The molecule has 34 heavy (non-hydrogen) atoms. The van der Waals surface area contributed by atoms with Crippen LogP contribution in [-0.4, -0.2) is 18.2 Å². The van der Waals surface area contributed by atoms with E-state index in [-0.39, 0.29) is 29.7 Å². The van der Waals surface area contributed by atoms with Crippen molar-refractivity contribution < 1.29 is 23.8 Å². The highest BCUT2D eigenvalue weighted by Gasteiger charge is 2.23. The topological polar surface area (TPSA) is 55.8 Å². The minimum absolute atomic E-state index is 0.0657. The van der Waals surface area contributed by atoms with Crippen molar-refractivity contribution in [1.82, 2.24) is 0 Å². The van der Waals surface area contributed by atoms with Crippen molar-refractivity contribution in [3.05, 3.63) is 83.2 Å². The predicted octanol–water partition coefficient (Wildman–Crippen LogP) is 7.52. The maximum Gasteiger partial charge on any atom is 0.303 e. The molecular weight excluding hydrogens is 431 g/mol. The standard InChI is InChI=1S/C29H33FO4/c1-18(14-28(31)32)20-8-7-9-23(15-20)34-19(2)21-10-12-24(26(16-21)29(3,4)5)25-17-22(33-6)11-13-27(25)30/h7-13,15-19H,14H2,1-6H3,(H,31,32)/t18-,19-/m1/s1. The molecule has 3 aromatic carbocycles. The number of halogens is 1. The van der Waals surface area contributed by atoms with Crippen LogP contribution in [0.4, 0.5) is 4.39 Å². The largest absolute Gasteiger partial charge is 0.497 e. The van der Waals surface area contributed by atoms with E-state index in [9.17, 15) is 9.18 Å². The molecule has 0 saturated heterocycles. The zero-order valence-electron chi connectivity index (χ0n) is 20.7. The van der Waals surface area contributed by atoms with E-state index < -0.39 is 5.97 Å². The number of carboxylic acid groups (broad SMARTS) is 1. The van der Waals surface area contributed by atoms with Gasteiger partial charge in [-0.1, -0.05) is 58.0 Å². The Bertz CT molecular complexity index is 1160. The van der Waals surface area contributed by atoms with Crippen molar-refractivity contribution in [1.29, 1.82) is 0 Å². The Hall–Kier alpha value is -3.34. The minimum atomic E-state index is -0.825. The second-order valence-electron chi connectivity index (χ2n) is 9.73. The fourth-order valence-electron chi connectivity index (χ4n) is 4.05. The number of rotatable bonds is 8. The van der Waals surface area contributed by atoms with Crippen LogP contribution in [0.25, 0.3) is 11.1 Å². The molecule has 0 amide bonds. The molecule has 0 aliphatic heterocycles. The van der Waals surface area contributed by atoms with Crippen molar-refractivity contribution in [3.63, 3.8) is 0 Å². The third kappa shape index (κ3) is 5.96. The first-order chi connectivity index (χ1) is 16.0. The Morgan fingerprint density at radius 3 is 2.32 bits per heavy atom. The van der Waals surface area contributed by atoms with Gasteiger partial charge in [-0.15, -0.1) is 0 Å². The maximum absolute atomic E-state index is 14.8. The molecule has 1 N–H and O–H groups in total. The van der Waals surface area contributed by atoms with E-state index >= 15 is 0 Å². The number of hydrogen-bond acceptors (Lipinski definition) is 3. The summed E-state index contributed by atoms with van der Waals surface area (Å²) in [6.07, 6.45) is -0.189. The van der Waals surface area contributed by atoms with E-state index in [0.717, 1.165) is 22.3 Å². The lowest BCUT2D eigenvalue weighted by Crippen LogP contribution is -2.15. The number of aliphatic carboxylic acids is 1. The summed E-state index contributed by atoms with van der Waals surface area (Å²) in [5, 5.41) is 9.09. The van der Waals surface area contributed by atoms with Crippen LogP contribution in [0.5, 0.6) is 11.5 Å². The lowest BCUT2D eigenvalue weighted by atomic mass is 9.80. The highest BCUT2D eigenvalue weighted by atomic mass is 19.1. The van der Waals surface area contributed by atoms with E-state index in [0.29, 0.717) is 17.1 Å². The van der Waals surface area contributed by atoms with Crippen LogP contribution in [0.15, 0.2) is 60.7 Å². The summed E-state index contributed by atoms with van der Waals surface area (Å²) in [5.41, 5.74) is 4.00. The number of carbonyl (C=O) groups is 1. The van der Waals surface area contributed by atoms with Gasteiger partial charge in [-0.05, 0) is 70.8 Å². The molecule has 0 bridgehead atoms. The average molecular weight is 465 g/mol. The van der Waals surface area contributed by atoms with Crippen LogP contribution in [0.2, 0.25) is 0 Å². The fraction of sp³-hybridized carbons (Fsp3) is 0.345. The predicted molar refractivity (Wildman–Crippen MR) is 133 cm³/mol. The van der Waals surface area contributed by atoms with Gasteiger partial charge in [-0.2, -0.15) is 0 Å². The molecule has 0 aliphatic carbocycles. The number of benzene rings is 3. The van der Waals surface area contributed by atoms with Crippen LogP contribution >= 0.6 is 0 Å². The molecular formula is C29H33FO4. The van der Waals surface area contributed by atoms with Crippen molar-refractivity contribution >= 4 is 5.97 Å². The average Bonchev–Trinajstić information content (AvgIpc) is 2.78. The molecule has 0 radical (unpaired) electrons. The summed E-state index contributed by atoms with van der Waals surface area (Å²) in [5.74, 6) is 0.0579. The van der Waals surface area contributed by atoms with E-state index in [1.54, 1.807) is 19.2 Å². The number of methoxy groups -OCH3 is 1. The molecule has 0 saturated carbocycles. The molecule has 3 aromatic rings. The zero-order valence-corrected chi connectivity index (χ0v) is 20.7. The van der Waals surface area contributed by atoms with Gasteiger partial charge >= 0.3 is 5.97 Å². The minimum Gasteiger partial charge on any atom is -0.497 e. The summed E-state index contributed by atoms with van der Waals surface area (Å²) in [6, 6.07) is 18.3. The SMILES string of the molecule is COc1ccc(F)c(-c2ccc([C@@H](C)Oc3cccc([C@H](C)CC(=O)O)c3)cc2C(C)(C)C)c1. The zero-order chi connectivity index (χ0) is 25.0. The molecule has 0 spiro atoms. The second-order valence-corrected chi connectivity index (χ2v) is 9.73. The fourth-order valence-corrected chi connectivity index (χ4v) is 4.05. The van der Waals surface area contributed by atoms with Gasteiger partial charge in [-0.25, -0.2) is 4.39 Å². The van der Waals surface area contributed by atoms with E-state index in [1.807, 2.05) is 50.2 Å². The summed E-state index contributed by atoms with van der Waals surface area (Å²) in [4.78, 5) is 11.1. The van der Waals surface area contributed by atoms with Gasteiger partial charge in [0.25, 0.3) is 0 Å². The highest BCUT2D eigenvalue weighted by Crippen LogP contribution is 2.38. The summed E-state index contributed by atoms with van der Waals surface area (Å²) < 4.78 is 26.3. The second kappa shape index (κ2) is 10.3. The van der Waals surface area contributed by atoms with Gasteiger partial charge in [0.2, 0.25) is 0 Å². The van der Waals surface area contributed by atoms with Crippen LogP contribution < -0.4 is 9.47 Å². The molecule has 5 heteroatoms. The van der Waals surface area contributed by atoms with Crippen LogP contribution in [0, 0.1) is 5.82 Å². The van der Waals surface area contributed by atoms with Gasteiger partial charge in [-0.3, -0.25) is 4.79 Å². The van der Waals surface area contributed by atoms with Crippen LogP contribution in [0.1, 0.15) is 69.8 Å². The van der Waals surface area contributed by atoms with Gasteiger partial charge in [0.1, 0.15) is 23.4 Å². The Morgan fingerprint density at radius 2 is 1.68 bits per heavy atom. The van der Waals surface area contributed by atoms with Gasteiger partial charge in [0.05, 0.1) is 13.5 Å². The highest BCUT2D eigenvalue weighted by molar-refractivity contribution is 5.71. The first-order valence-electron chi connectivity index (χ1n) is 11.5. The molecule has 0 unspecified atom stereocenters. The Kier molecular flexibility index (Phi) is 7.65. The Morgan fingerprint density at radius 1 is 0.941 bits per heavy atom. The summed E-state index contributed by atoms with van der Waals surface area (Å²) in [7, 11) is 1.57. The molecule has 0 aromatic heterocycles. The maximum atomic E-state index is 14.8. The summed E-state index contributed by atoms with van der Waals surface area (Å²) >= 11 is 0. The monoisotopic (exact) mass is 464 g/mol. The Balaban J connectivity index is 1.94. The molecule has 180 valence electrons. The molecule has 0 aliphatic rings. The number of carboxylic acids is 1. The van der Waals surface area contributed by atoms with Crippen molar-refractivity contribution in [2.45, 2.75) is 58.5 Å². The smallest absolute Gasteiger partial charge is 0.303 e. The third-order valence-corrected chi connectivity index (χ3v) is 6.01. The van der Waals surface area contributed by atoms with Crippen molar-refractivity contribution in [2.75, 3.05) is 7.11 Å². The van der Waals surface area contributed by atoms with Gasteiger partial charge in [0, 0.05) is 5.56 Å². The van der Waals surface area contributed by atoms with Crippen LogP contribution in [-0.2, 0) is 10.2 Å². The van der Waals surface area contributed by atoms with Crippen LogP contribution in [0.3, 0.4) is 0 Å². The molecule has 2 atom stereocenters. The first kappa shape index (κ1) is 25.3. The van der Waals surface area contributed by atoms with E-state index in [1.165, 1.54) is 6.07 Å². The third-order valence-electron chi connectivity index (χ3n) is 6.01. The quantitative estimate of drug-likeness (QED) is 0.375. The van der Waals surface area contributed by atoms with Gasteiger partial charge < -0.3 is 14.6 Å². The normalized spacial score (nSPS) is 13.3. The molecule has 3 rings (SSSR count). The molecule has 4 nitrogen and oxygen atoms in total. The Labute approximate surface area is 201 Å². The lowest BCUT2D eigenvalue weighted by molar-refractivity contribution is -0.137. The molecule has 0 heterocycles. The van der Waals surface area contributed by atoms with E-state index in [4.69, 9.17) is 14.6 Å². The number of hydrogen-bond donors (Lipinski definition) is 1. The van der Waals surface area contributed by atoms with E-state index in [2.05, 4.69) is 26.8 Å². The lowest BCUT2D eigenvalue weighted by Gasteiger charge is -2.26. The van der Waals surface area contributed by atoms with Crippen molar-refractivity contribution in [2.24, 2.45) is 0 Å².